The maximum Gasteiger partial charge on any atom is 0.319 e. The van der Waals surface area contributed by atoms with E-state index in [2.05, 4.69) is 15.1 Å². The predicted molar refractivity (Wildman–Crippen MR) is 190 cm³/mol. The molecule has 1 aromatic carbocycles. The third-order valence-electron chi connectivity index (χ3n) is 12.6. The van der Waals surface area contributed by atoms with Gasteiger partial charge in [0.25, 0.3) is 0 Å². The number of likely N-dealkylation sites (tertiary alicyclic amines) is 1. The maximum atomic E-state index is 17.2. The molecule has 6 heterocycles. The highest BCUT2D eigenvalue weighted by atomic mass is 19.1. The predicted octanol–water partition coefficient (Wildman–Crippen LogP) is 5.19. The second-order valence-electron chi connectivity index (χ2n) is 16.2. The fraction of sp³-hybridized carbons (Fsp3) is 0.632. The lowest BCUT2D eigenvalue weighted by Gasteiger charge is -2.56. The Balaban J connectivity index is 1.11. The number of rotatable bonds is 7. The molecule has 2 aliphatic carbocycles. The van der Waals surface area contributed by atoms with Crippen LogP contribution >= 0.6 is 0 Å². The standard InChI is InChI=1S/C38H48FN7O5/c1-23-7-8-26-25(18-40-44-26)28(23)31-30(39)32-29(34(41-31)48-3)33(45-13-15-50-20-36(2,47)19-45)43-35(42-32)51-22-38-9-4-6-27(38)46(12-5-10-38)24-16-37(17-24)11-14-49-21-37/h7-8,18,24,27,47H,4-6,9-17,19-22H2,1-3H3,(H,40,44)/t24?,27-,36+,37?,38-/m1/s1. The van der Waals surface area contributed by atoms with Gasteiger partial charge in [-0.3, -0.25) is 10.00 Å². The van der Waals surface area contributed by atoms with E-state index in [1.54, 1.807) is 13.1 Å². The van der Waals surface area contributed by atoms with Crippen LogP contribution in [0.1, 0.15) is 63.9 Å². The average Bonchev–Trinajstić information content (AvgIpc) is 3.87. The van der Waals surface area contributed by atoms with Gasteiger partial charge in [0.05, 0.1) is 51.8 Å². The SMILES string of the molecule is COc1nc(-c2c(C)ccc3[nH]ncc23)c(F)c2nc(OC[C@]34CCC[C@H]3N(C3CC5(CCOC5)C3)CCC4)nc(N3CCOC[C@@](C)(O)C3)c12. The average molecular weight is 702 g/mol. The van der Waals surface area contributed by atoms with Gasteiger partial charge >= 0.3 is 6.01 Å². The molecule has 3 saturated heterocycles. The van der Waals surface area contributed by atoms with E-state index in [0.29, 0.717) is 54.0 Å². The molecule has 0 unspecified atom stereocenters. The smallest absolute Gasteiger partial charge is 0.319 e. The fourth-order valence-electron chi connectivity index (χ4n) is 10.1. The van der Waals surface area contributed by atoms with Gasteiger partial charge in [-0.2, -0.15) is 15.1 Å². The molecule has 3 aliphatic heterocycles. The van der Waals surface area contributed by atoms with Crippen LogP contribution in [0.3, 0.4) is 0 Å². The summed E-state index contributed by atoms with van der Waals surface area (Å²) in [5.41, 5.74) is 1.63. The first-order valence-corrected chi connectivity index (χ1v) is 18.6. The number of ether oxygens (including phenoxy) is 4. The number of piperidine rings is 1. The Bertz CT molecular complexity index is 1960. The van der Waals surface area contributed by atoms with Gasteiger partial charge in [0, 0.05) is 41.6 Å². The number of β-amino-alcohol motifs (C(OH)–C–C–N with tert-alkyl or cyclic N) is 1. The van der Waals surface area contributed by atoms with E-state index < -0.39 is 11.4 Å². The summed E-state index contributed by atoms with van der Waals surface area (Å²) in [4.78, 5) is 19.2. The van der Waals surface area contributed by atoms with Crippen molar-refractivity contribution in [3.8, 4) is 23.1 Å². The van der Waals surface area contributed by atoms with E-state index in [1.165, 1.54) is 26.4 Å². The number of halogens is 1. The van der Waals surface area contributed by atoms with Crippen LogP contribution in [0.5, 0.6) is 11.9 Å². The zero-order valence-corrected chi connectivity index (χ0v) is 29.8. The van der Waals surface area contributed by atoms with Crippen molar-refractivity contribution in [2.45, 2.75) is 82.9 Å². The number of pyridine rings is 1. The number of anilines is 1. The molecule has 2 saturated carbocycles. The van der Waals surface area contributed by atoms with Crippen molar-refractivity contribution >= 4 is 27.6 Å². The lowest BCUT2D eigenvalue weighted by atomic mass is 9.63. The minimum Gasteiger partial charge on any atom is -0.480 e. The number of H-pyrrole nitrogens is 1. The quantitative estimate of drug-likeness (QED) is 0.264. The Morgan fingerprint density at radius 3 is 2.73 bits per heavy atom. The molecule has 9 rings (SSSR count). The highest BCUT2D eigenvalue weighted by molar-refractivity contribution is 6.01. The molecule has 0 radical (unpaired) electrons. The van der Waals surface area contributed by atoms with Crippen molar-refractivity contribution in [3.63, 3.8) is 0 Å². The van der Waals surface area contributed by atoms with E-state index in [-0.39, 0.29) is 41.7 Å². The van der Waals surface area contributed by atoms with Crippen molar-refractivity contribution in [2.24, 2.45) is 10.8 Å². The van der Waals surface area contributed by atoms with Gasteiger partial charge in [-0.1, -0.05) is 12.5 Å². The minimum absolute atomic E-state index is 0.0144. The number of hydrogen-bond donors (Lipinski definition) is 2. The van der Waals surface area contributed by atoms with Gasteiger partial charge in [0.15, 0.2) is 5.82 Å². The molecule has 0 bridgehead atoms. The third kappa shape index (κ3) is 5.62. The molecule has 3 atom stereocenters. The second kappa shape index (κ2) is 12.5. The monoisotopic (exact) mass is 701 g/mol. The first-order valence-electron chi connectivity index (χ1n) is 18.6. The number of aromatic amines is 1. The van der Waals surface area contributed by atoms with E-state index >= 15 is 4.39 Å². The molecule has 0 amide bonds. The van der Waals surface area contributed by atoms with Crippen molar-refractivity contribution in [3.05, 3.63) is 29.7 Å². The van der Waals surface area contributed by atoms with Crippen molar-refractivity contribution in [2.75, 3.05) is 64.7 Å². The summed E-state index contributed by atoms with van der Waals surface area (Å²) in [6, 6.07) is 5.00. The van der Waals surface area contributed by atoms with Gasteiger partial charge in [0.1, 0.15) is 28.0 Å². The summed E-state index contributed by atoms with van der Waals surface area (Å²) >= 11 is 0. The summed E-state index contributed by atoms with van der Waals surface area (Å²) in [6.07, 6.45) is 11.0. The van der Waals surface area contributed by atoms with Crippen LogP contribution in [0.2, 0.25) is 0 Å². The fourth-order valence-corrected chi connectivity index (χ4v) is 10.1. The van der Waals surface area contributed by atoms with Gasteiger partial charge in [-0.05, 0) is 82.4 Å². The molecule has 13 heteroatoms. The van der Waals surface area contributed by atoms with Crippen LogP contribution in [0, 0.1) is 23.6 Å². The van der Waals surface area contributed by atoms with Gasteiger partial charge < -0.3 is 29.0 Å². The van der Waals surface area contributed by atoms with Crippen molar-refractivity contribution in [1.29, 1.82) is 0 Å². The summed E-state index contributed by atoms with van der Waals surface area (Å²) in [5.74, 6) is -0.00134. The zero-order valence-electron chi connectivity index (χ0n) is 29.8. The molecule has 1 spiro atoms. The van der Waals surface area contributed by atoms with Crippen LogP contribution in [-0.2, 0) is 9.47 Å². The maximum absolute atomic E-state index is 17.2. The van der Waals surface area contributed by atoms with Crippen molar-refractivity contribution < 1.29 is 28.4 Å². The van der Waals surface area contributed by atoms with Crippen LogP contribution < -0.4 is 14.4 Å². The first kappa shape index (κ1) is 33.2. The summed E-state index contributed by atoms with van der Waals surface area (Å²) in [5, 5.41) is 19.4. The van der Waals surface area contributed by atoms with Crippen LogP contribution in [0.25, 0.3) is 33.1 Å². The molecule has 3 aromatic heterocycles. The highest BCUT2D eigenvalue weighted by Crippen LogP contribution is 2.55. The molecule has 272 valence electrons. The molecule has 5 fully saturated rings. The summed E-state index contributed by atoms with van der Waals surface area (Å²) < 4.78 is 41.2. The number of nitrogens with zero attached hydrogens (tertiary/aromatic N) is 6. The first-order chi connectivity index (χ1) is 24.7. The summed E-state index contributed by atoms with van der Waals surface area (Å²) in [7, 11) is 1.52. The number of nitrogens with one attached hydrogen (secondary N) is 1. The van der Waals surface area contributed by atoms with E-state index in [0.717, 1.165) is 68.3 Å². The van der Waals surface area contributed by atoms with E-state index in [1.807, 2.05) is 24.0 Å². The third-order valence-corrected chi connectivity index (χ3v) is 12.6. The number of aromatic nitrogens is 5. The molecular weight excluding hydrogens is 653 g/mol. The molecule has 5 aliphatic rings. The number of methoxy groups -OCH3 is 1. The second-order valence-corrected chi connectivity index (χ2v) is 16.2. The van der Waals surface area contributed by atoms with Crippen LogP contribution in [0.15, 0.2) is 18.3 Å². The number of hydrogen-bond acceptors (Lipinski definition) is 11. The lowest BCUT2D eigenvalue weighted by Crippen LogP contribution is -2.60. The van der Waals surface area contributed by atoms with Crippen LogP contribution in [-0.4, -0.2) is 113 Å². The molecule has 4 aromatic rings. The Hall–Kier alpha value is -3.65. The van der Waals surface area contributed by atoms with E-state index in [9.17, 15) is 5.11 Å². The molecule has 2 N–H and O–H groups in total. The van der Waals surface area contributed by atoms with Crippen LogP contribution in [0.4, 0.5) is 10.2 Å². The number of fused-ring (bicyclic) bond motifs is 3. The Morgan fingerprint density at radius 2 is 1.90 bits per heavy atom. The Morgan fingerprint density at radius 1 is 1.06 bits per heavy atom. The number of aryl methyl sites for hydroxylation is 1. The van der Waals surface area contributed by atoms with Gasteiger partial charge in [0.2, 0.25) is 5.88 Å². The molecule has 51 heavy (non-hydrogen) atoms. The number of benzene rings is 1. The largest absolute Gasteiger partial charge is 0.480 e. The molecule has 12 nitrogen and oxygen atoms in total. The molecular formula is C38H48FN7O5. The zero-order chi connectivity index (χ0) is 35.0. The van der Waals surface area contributed by atoms with Gasteiger partial charge in [-0.25, -0.2) is 9.37 Å². The Kier molecular flexibility index (Phi) is 8.13. The summed E-state index contributed by atoms with van der Waals surface area (Å²) in [6.45, 7) is 8.23. The van der Waals surface area contributed by atoms with E-state index in [4.69, 9.17) is 33.9 Å². The topological polar surface area (TPSA) is 131 Å². The Labute approximate surface area is 297 Å². The minimum atomic E-state index is -1.16. The number of aliphatic hydroxyl groups is 1. The highest BCUT2D eigenvalue weighted by Gasteiger charge is 2.55. The van der Waals surface area contributed by atoms with Crippen molar-refractivity contribution in [1.82, 2.24) is 30.0 Å². The normalized spacial score (nSPS) is 31.3. The van der Waals surface area contributed by atoms with Gasteiger partial charge in [-0.15, -0.1) is 0 Å². The lowest BCUT2D eigenvalue weighted by molar-refractivity contribution is -0.0813.